The zero-order valence-electron chi connectivity index (χ0n) is 13.7. The molecule has 2 aromatic heterocycles. The number of amides is 1. The number of halogens is 1. The molecule has 0 aliphatic heterocycles. The monoisotopic (exact) mass is 327 g/mol. The van der Waals surface area contributed by atoms with E-state index in [1.54, 1.807) is 49.4 Å². The second-order valence-electron chi connectivity index (χ2n) is 5.61. The van der Waals surface area contributed by atoms with E-state index in [2.05, 4.69) is 5.10 Å². The fourth-order valence-corrected chi connectivity index (χ4v) is 2.57. The van der Waals surface area contributed by atoms with E-state index >= 15 is 0 Å². The van der Waals surface area contributed by atoms with Gasteiger partial charge in [0.15, 0.2) is 0 Å². The van der Waals surface area contributed by atoms with Gasteiger partial charge in [0.1, 0.15) is 17.3 Å². The third-order valence-electron chi connectivity index (χ3n) is 4.18. The molecular formula is C18H18FN3O2. The Morgan fingerprint density at radius 3 is 2.71 bits per heavy atom. The smallest absolute Gasteiger partial charge is 0.257 e. The molecule has 1 aromatic carbocycles. The van der Waals surface area contributed by atoms with E-state index in [1.165, 1.54) is 16.9 Å². The molecule has 6 heteroatoms. The van der Waals surface area contributed by atoms with Crippen LogP contribution in [0.4, 0.5) is 4.39 Å². The Hall–Kier alpha value is -2.89. The number of para-hydroxylation sites is 1. The molecule has 0 N–H and O–H groups in total. The first kappa shape index (κ1) is 16.0. The molecule has 0 saturated carbocycles. The van der Waals surface area contributed by atoms with Crippen LogP contribution in [-0.2, 0) is 0 Å². The lowest BCUT2D eigenvalue weighted by Crippen LogP contribution is -2.29. The summed E-state index contributed by atoms with van der Waals surface area (Å²) in [4.78, 5) is 14.3. The number of furan rings is 1. The molecule has 1 unspecified atom stereocenters. The number of hydrogen-bond donors (Lipinski definition) is 0. The molecule has 0 aliphatic carbocycles. The van der Waals surface area contributed by atoms with Crippen molar-refractivity contribution in [3.05, 3.63) is 71.7 Å². The number of nitrogens with zero attached hydrogens (tertiary/aromatic N) is 3. The summed E-state index contributed by atoms with van der Waals surface area (Å²) in [5.41, 5.74) is 1.33. The number of hydrogen-bond acceptors (Lipinski definition) is 3. The summed E-state index contributed by atoms with van der Waals surface area (Å²) in [6, 6.07) is 9.72. The fourth-order valence-electron chi connectivity index (χ4n) is 2.57. The average molecular weight is 327 g/mol. The molecule has 0 radical (unpaired) electrons. The van der Waals surface area contributed by atoms with E-state index in [-0.39, 0.29) is 17.8 Å². The van der Waals surface area contributed by atoms with Crippen LogP contribution in [0.5, 0.6) is 0 Å². The molecular weight excluding hydrogens is 309 g/mol. The van der Waals surface area contributed by atoms with Gasteiger partial charge in [-0.1, -0.05) is 12.1 Å². The predicted molar refractivity (Wildman–Crippen MR) is 87.5 cm³/mol. The highest BCUT2D eigenvalue weighted by atomic mass is 19.1. The van der Waals surface area contributed by atoms with Crippen LogP contribution in [0.1, 0.15) is 34.8 Å². The van der Waals surface area contributed by atoms with Crippen molar-refractivity contribution in [3.63, 3.8) is 0 Å². The number of carbonyl (C=O) groups is 1. The zero-order valence-corrected chi connectivity index (χ0v) is 13.7. The van der Waals surface area contributed by atoms with E-state index in [0.717, 1.165) is 0 Å². The highest BCUT2D eigenvalue weighted by molar-refractivity contribution is 5.95. The van der Waals surface area contributed by atoms with E-state index in [1.807, 2.05) is 13.0 Å². The van der Waals surface area contributed by atoms with Gasteiger partial charge in [-0.15, -0.1) is 0 Å². The van der Waals surface area contributed by atoms with Crippen LogP contribution in [-0.4, -0.2) is 27.6 Å². The van der Waals surface area contributed by atoms with Gasteiger partial charge in [-0.3, -0.25) is 4.79 Å². The molecule has 1 atom stereocenters. The van der Waals surface area contributed by atoms with Crippen LogP contribution in [0.2, 0.25) is 0 Å². The summed E-state index contributed by atoms with van der Waals surface area (Å²) in [5, 5.41) is 4.18. The minimum Gasteiger partial charge on any atom is -0.467 e. The Kier molecular flexibility index (Phi) is 4.20. The minimum absolute atomic E-state index is 0.195. The van der Waals surface area contributed by atoms with E-state index in [4.69, 9.17) is 4.42 Å². The molecule has 3 aromatic rings. The summed E-state index contributed by atoms with van der Waals surface area (Å²) in [6.45, 7) is 3.63. The third-order valence-corrected chi connectivity index (χ3v) is 4.18. The second kappa shape index (κ2) is 6.31. The van der Waals surface area contributed by atoms with Gasteiger partial charge in [-0.25, -0.2) is 9.07 Å². The SMILES string of the molecule is Cc1c(C(=O)N(C)C(C)c2ccco2)cnn1-c1ccccc1F. The lowest BCUT2D eigenvalue weighted by Gasteiger charge is -2.23. The average Bonchev–Trinajstić information content (AvgIpc) is 3.23. The van der Waals surface area contributed by atoms with E-state index in [0.29, 0.717) is 22.7 Å². The lowest BCUT2D eigenvalue weighted by molar-refractivity contribution is 0.0725. The standard InChI is InChI=1S/C18H18FN3O2/c1-12-14(11-20-22(12)16-8-5-4-7-15(16)19)18(23)21(3)13(2)17-9-6-10-24-17/h4-11,13H,1-3H3. The van der Waals surface area contributed by atoms with Crippen LogP contribution in [0.3, 0.4) is 0 Å². The predicted octanol–water partition coefficient (Wildman–Crippen LogP) is 3.75. The van der Waals surface area contributed by atoms with Crippen LogP contribution < -0.4 is 0 Å². The Labute approximate surface area is 139 Å². The van der Waals surface area contributed by atoms with Crippen molar-refractivity contribution in [2.45, 2.75) is 19.9 Å². The molecule has 0 fully saturated rings. The Bertz CT molecular complexity index is 855. The summed E-state index contributed by atoms with van der Waals surface area (Å²) >= 11 is 0. The number of aromatic nitrogens is 2. The van der Waals surface area contributed by atoms with Crippen LogP contribution >= 0.6 is 0 Å². The van der Waals surface area contributed by atoms with Crippen molar-refractivity contribution in [1.82, 2.24) is 14.7 Å². The van der Waals surface area contributed by atoms with E-state index in [9.17, 15) is 9.18 Å². The highest BCUT2D eigenvalue weighted by Crippen LogP contribution is 2.23. The fraction of sp³-hybridized carbons (Fsp3) is 0.222. The summed E-state index contributed by atoms with van der Waals surface area (Å²) in [5.74, 6) is 0.115. The van der Waals surface area contributed by atoms with E-state index < -0.39 is 0 Å². The number of carbonyl (C=O) groups excluding carboxylic acids is 1. The van der Waals surface area contributed by atoms with Gasteiger partial charge in [0, 0.05) is 7.05 Å². The highest BCUT2D eigenvalue weighted by Gasteiger charge is 2.24. The maximum absolute atomic E-state index is 14.0. The summed E-state index contributed by atoms with van der Waals surface area (Å²) in [7, 11) is 1.70. The number of benzene rings is 1. The van der Waals surface area contributed by atoms with Crippen molar-refractivity contribution in [2.75, 3.05) is 7.05 Å². The van der Waals surface area contributed by atoms with Gasteiger partial charge in [0.25, 0.3) is 5.91 Å². The largest absolute Gasteiger partial charge is 0.467 e. The van der Waals surface area contributed by atoms with Gasteiger partial charge in [0.05, 0.1) is 29.8 Å². The second-order valence-corrected chi connectivity index (χ2v) is 5.61. The Balaban J connectivity index is 1.91. The quantitative estimate of drug-likeness (QED) is 0.733. The molecule has 1 amide bonds. The van der Waals surface area contributed by atoms with Gasteiger partial charge in [-0.05, 0) is 38.1 Å². The van der Waals surface area contributed by atoms with Crippen molar-refractivity contribution < 1.29 is 13.6 Å². The minimum atomic E-state index is -0.389. The maximum atomic E-state index is 14.0. The van der Waals surface area contributed by atoms with Crippen LogP contribution in [0, 0.1) is 12.7 Å². The molecule has 0 spiro atoms. The lowest BCUT2D eigenvalue weighted by atomic mass is 10.1. The maximum Gasteiger partial charge on any atom is 0.257 e. The molecule has 5 nitrogen and oxygen atoms in total. The summed E-state index contributed by atoms with van der Waals surface area (Å²) < 4.78 is 20.8. The van der Waals surface area contributed by atoms with Crippen LogP contribution in [0.15, 0.2) is 53.3 Å². The first-order valence-corrected chi connectivity index (χ1v) is 7.60. The van der Waals surface area contributed by atoms with Gasteiger partial charge in [0.2, 0.25) is 0 Å². The van der Waals surface area contributed by atoms with Gasteiger partial charge >= 0.3 is 0 Å². The summed E-state index contributed by atoms with van der Waals surface area (Å²) in [6.07, 6.45) is 3.04. The third kappa shape index (κ3) is 2.71. The molecule has 24 heavy (non-hydrogen) atoms. The number of rotatable bonds is 4. The Morgan fingerprint density at radius 2 is 2.04 bits per heavy atom. The first-order valence-electron chi connectivity index (χ1n) is 7.60. The molecule has 0 bridgehead atoms. The molecule has 124 valence electrons. The van der Waals surface area contributed by atoms with Crippen molar-refractivity contribution in [3.8, 4) is 5.69 Å². The molecule has 2 heterocycles. The van der Waals surface area contributed by atoms with Crippen molar-refractivity contribution >= 4 is 5.91 Å². The van der Waals surface area contributed by atoms with Crippen LogP contribution in [0.25, 0.3) is 5.69 Å². The Morgan fingerprint density at radius 1 is 1.29 bits per heavy atom. The topological polar surface area (TPSA) is 51.3 Å². The molecule has 0 aliphatic rings. The van der Waals surface area contributed by atoms with Gasteiger partial charge < -0.3 is 9.32 Å². The first-order chi connectivity index (χ1) is 11.5. The molecule has 3 rings (SSSR count). The normalized spacial score (nSPS) is 12.2. The van der Waals surface area contributed by atoms with Gasteiger partial charge in [-0.2, -0.15) is 5.10 Å². The molecule has 0 saturated heterocycles. The van der Waals surface area contributed by atoms with Crippen molar-refractivity contribution in [2.24, 2.45) is 0 Å². The van der Waals surface area contributed by atoms with Crippen molar-refractivity contribution in [1.29, 1.82) is 0 Å². The zero-order chi connectivity index (χ0) is 17.3.